The Morgan fingerprint density at radius 2 is 1.85 bits per heavy atom. The molecule has 2 aromatic carbocycles. The van der Waals surface area contributed by atoms with Gasteiger partial charge >= 0.3 is 0 Å². The molecule has 0 saturated carbocycles. The molecule has 1 atom stereocenters. The highest BCUT2D eigenvalue weighted by atomic mass is 16.2. The molecule has 1 unspecified atom stereocenters. The van der Waals surface area contributed by atoms with Crippen molar-refractivity contribution in [2.45, 2.75) is 13.0 Å². The highest BCUT2D eigenvalue weighted by molar-refractivity contribution is 6.01. The third-order valence-corrected chi connectivity index (χ3v) is 3.79. The maximum atomic E-state index is 12.4. The number of anilines is 1. The van der Waals surface area contributed by atoms with E-state index in [4.69, 9.17) is 0 Å². The summed E-state index contributed by atoms with van der Waals surface area (Å²) in [5.41, 5.74) is 1.87. The van der Waals surface area contributed by atoms with Gasteiger partial charge in [0.15, 0.2) is 5.82 Å². The summed E-state index contributed by atoms with van der Waals surface area (Å²) in [5.74, 6) is -0.0267. The van der Waals surface area contributed by atoms with Crippen molar-refractivity contribution >= 4 is 17.5 Å². The van der Waals surface area contributed by atoms with Crippen molar-refractivity contribution in [2.75, 3.05) is 5.32 Å². The number of aryl methyl sites for hydroxylation is 1. The average molecular weight is 350 g/mol. The van der Waals surface area contributed by atoms with Gasteiger partial charge in [0.2, 0.25) is 5.91 Å². The second kappa shape index (κ2) is 7.56. The standard InChI is InChI=1S/C18H18N6O2/c1-12(19-18(26)13-7-4-3-5-8-13)17(25)20-15-10-6-9-14(11-15)16-21-22-23-24(16)2/h3-12H,1-2H3,(H,19,26)(H,20,25). The summed E-state index contributed by atoms with van der Waals surface area (Å²) in [5, 5.41) is 16.8. The molecule has 3 rings (SSSR count). The zero-order valence-corrected chi connectivity index (χ0v) is 14.4. The molecular weight excluding hydrogens is 332 g/mol. The summed E-state index contributed by atoms with van der Waals surface area (Å²) in [7, 11) is 1.74. The Balaban J connectivity index is 1.66. The first kappa shape index (κ1) is 17.3. The van der Waals surface area contributed by atoms with Crippen LogP contribution < -0.4 is 10.6 Å². The van der Waals surface area contributed by atoms with Crippen LogP contribution in [-0.4, -0.2) is 38.1 Å². The molecule has 0 fully saturated rings. The monoisotopic (exact) mass is 350 g/mol. The van der Waals surface area contributed by atoms with Gasteiger partial charge in [0.25, 0.3) is 5.91 Å². The van der Waals surface area contributed by atoms with Gasteiger partial charge in [-0.05, 0) is 41.6 Å². The number of nitrogens with zero attached hydrogens (tertiary/aromatic N) is 4. The van der Waals surface area contributed by atoms with Crippen molar-refractivity contribution in [3.63, 3.8) is 0 Å². The van der Waals surface area contributed by atoms with E-state index in [1.54, 1.807) is 61.1 Å². The van der Waals surface area contributed by atoms with Crippen molar-refractivity contribution in [3.8, 4) is 11.4 Å². The molecule has 0 bridgehead atoms. The lowest BCUT2D eigenvalue weighted by atomic mass is 10.1. The molecule has 0 saturated heterocycles. The maximum absolute atomic E-state index is 12.4. The van der Waals surface area contributed by atoms with E-state index in [0.717, 1.165) is 5.56 Å². The summed E-state index contributed by atoms with van der Waals surface area (Å²) in [6.45, 7) is 1.63. The molecule has 0 aliphatic carbocycles. The molecule has 2 amide bonds. The molecular formula is C18H18N6O2. The van der Waals surface area contributed by atoms with Crippen molar-refractivity contribution in [3.05, 3.63) is 60.2 Å². The Labute approximate surface area is 150 Å². The quantitative estimate of drug-likeness (QED) is 0.728. The molecule has 0 aliphatic rings. The Hall–Kier alpha value is -3.55. The van der Waals surface area contributed by atoms with Crippen molar-refractivity contribution in [1.29, 1.82) is 0 Å². The van der Waals surface area contributed by atoms with Crippen LogP contribution in [0.3, 0.4) is 0 Å². The summed E-state index contributed by atoms with van der Waals surface area (Å²) in [6.07, 6.45) is 0. The number of benzene rings is 2. The Kier molecular flexibility index (Phi) is 5.02. The lowest BCUT2D eigenvalue weighted by molar-refractivity contribution is -0.117. The first-order valence-electron chi connectivity index (χ1n) is 8.04. The van der Waals surface area contributed by atoms with Crippen LogP contribution in [0.25, 0.3) is 11.4 Å². The number of carbonyl (C=O) groups is 2. The second-order valence-electron chi connectivity index (χ2n) is 5.76. The minimum absolute atomic E-state index is 0.299. The molecule has 132 valence electrons. The number of nitrogens with one attached hydrogen (secondary N) is 2. The van der Waals surface area contributed by atoms with Gasteiger partial charge in [-0.25, -0.2) is 4.68 Å². The van der Waals surface area contributed by atoms with Crippen LogP contribution in [0, 0.1) is 0 Å². The van der Waals surface area contributed by atoms with Crippen LogP contribution in [0.4, 0.5) is 5.69 Å². The van der Waals surface area contributed by atoms with Gasteiger partial charge in [0.1, 0.15) is 6.04 Å². The van der Waals surface area contributed by atoms with Crippen LogP contribution >= 0.6 is 0 Å². The number of hydrogen-bond acceptors (Lipinski definition) is 5. The van der Waals surface area contributed by atoms with E-state index in [9.17, 15) is 9.59 Å². The molecule has 0 radical (unpaired) electrons. The molecule has 1 heterocycles. The molecule has 0 spiro atoms. The van der Waals surface area contributed by atoms with Gasteiger partial charge in [0.05, 0.1) is 0 Å². The molecule has 8 heteroatoms. The minimum atomic E-state index is -0.692. The summed E-state index contributed by atoms with van der Waals surface area (Å²) in [6, 6.07) is 15.2. The van der Waals surface area contributed by atoms with E-state index in [1.807, 2.05) is 12.1 Å². The highest BCUT2D eigenvalue weighted by Gasteiger charge is 2.17. The number of tetrazole rings is 1. The first-order chi connectivity index (χ1) is 12.5. The number of aromatic nitrogens is 4. The van der Waals surface area contributed by atoms with E-state index >= 15 is 0 Å². The fourth-order valence-electron chi connectivity index (χ4n) is 2.40. The lowest BCUT2D eigenvalue weighted by Gasteiger charge is -2.14. The third-order valence-electron chi connectivity index (χ3n) is 3.79. The predicted octanol–water partition coefficient (Wildman–Crippen LogP) is 1.63. The van der Waals surface area contributed by atoms with E-state index < -0.39 is 6.04 Å². The van der Waals surface area contributed by atoms with E-state index in [1.165, 1.54) is 0 Å². The van der Waals surface area contributed by atoms with Gasteiger partial charge in [-0.2, -0.15) is 0 Å². The average Bonchev–Trinajstić information content (AvgIpc) is 3.08. The molecule has 26 heavy (non-hydrogen) atoms. The highest BCUT2D eigenvalue weighted by Crippen LogP contribution is 2.19. The maximum Gasteiger partial charge on any atom is 0.251 e. The van der Waals surface area contributed by atoms with E-state index in [-0.39, 0.29) is 11.8 Å². The normalized spacial score (nSPS) is 11.6. The lowest BCUT2D eigenvalue weighted by Crippen LogP contribution is -2.41. The van der Waals surface area contributed by atoms with Crippen LogP contribution in [0.2, 0.25) is 0 Å². The van der Waals surface area contributed by atoms with Crippen LogP contribution in [0.5, 0.6) is 0 Å². The molecule has 8 nitrogen and oxygen atoms in total. The Morgan fingerprint density at radius 1 is 1.08 bits per heavy atom. The minimum Gasteiger partial charge on any atom is -0.341 e. The number of hydrogen-bond donors (Lipinski definition) is 2. The first-order valence-corrected chi connectivity index (χ1v) is 8.04. The smallest absolute Gasteiger partial charge is 0.251 e. The number of carbonyl (C=O) groups excluding carboxylic acids is 2. The fraction of sp³-hybridized carbons (Fsp3) is 0.167. The molecule has 2 N–H and O–H groups in total. The largest absolute Gasteiger partial charge is 0.341 e. The number of amides is 2. The van der Waals surface area contributed by atoms with Gasteiger partial charge in [-0.3, -0.25) is 9.59 Å². The second-order valence-corrected chi connectivity index (χ2v) is 5.76. The van der Waals surface area contributed by atoms with Crippen LogP contribution in [0.15, 0.2) is 54.6 Å². The Morgan fingerprint density at radius 3 is 2.54 bits per heavy atom. The Bertz CT molecular complexity index is 922. The van der Waals surface area contributed by atoms with Crippen molar-refractivity contribution in [2.24, 2.45) is 7.05 Å². The van der Waals surface area contributed by atoms with Gasteiger partial charge in [-0.15, -0.1) is 5.10 Å². The SMILES string of the molecule is CC(NC(=O)c1ccccc1)C(=O)Nc1cccc(-c2nnnn2C)c1. The van der Waals surface area contributed by atoms with Crippen LogP contribution in [-0.2, 0) is 11.8 Å². The zero-order chi connectivity index (χ0) is 18.5. The van der Waals surface area contributed by atoms with Gasteiger partial charge in [-0.1, -0.05) is 30.3 Å². The summed E-state index contributed by atoms with van der Waals surface area (Å²) < 4.78 is 1.55. The zero-order valence-electron chi connectivity index (χ0n) is 14.4. The van der Waals surface area contributed by atoms with E-state index in [2.05, 4.69) is 26.2 Å². The predicted molar refractivity (Wildman–Crippen MR) is 96.2 cm³/mol. The van der Waals surface area contributed by atoms with Crippen molar-refractivity contribution < 1.29 is 9.59 Å². The summed E-state index contributed by atoms with van der Waals surface area (Å²) in [4.78, 5) is 24.5. The summed E-state index contributed by atoms with van der Waals surface area (Å²) >= 11 is 0. The number of rotatable bonds is 5. The third kappa shape index (κ3) is 3.92. The van der Waals surface area contributed by atoms with Crippen molar-refractivity contribution in [1.82, 2.24) is 25.5 Å². The van der Waals surface area contributed by atoms with Gasteiger partial charge in [0, 0.05) is 23.9 Å². The molecule has 3 aromatic rings. The topological polar surface area (TPSA) is 102 Å². The van der Waals surface area contributed by atoms with Gasteiger partial charge < -0.3 is 10.6 Å². The molecule has 0 aliphatic heterocycles. The molecule has 1 aromatic heterocycles. The van der Waals surface area contributed by atoms with E-state index in [0.29, 0.717) is 17.1 Å². The fourth-order valence-corrected chi connectivity index (χ4v) is 2.40. The van der Waals surface area contributed by atoms with Crippen LogP contribution in [0.1, 0.15) is 17.3 Å².